The fourth-order valence-electron chi connectivity index (χ4n) is 2.48. The van der Waals surface area contributed by atoms with E-state index in [4.69, 9.17) is 5.11 Å². The maximum absolute atomic E-state index is 12.4. The summed E-state index contributed by atoms with van der Waals surface area (Å²) in [5.41, 5.74) is 2.57. The highest BCUT2D eigenvalue weighted by Crippen LogP contribution is 2.31. The third kappa shape index (κ3) is 2.58. The van der Waals surface area contributed by atoms with E-state index in [1.54, 1.807) is 12.1 Å². The minimum absolute atomic E-state index is 0.144. The van der Waals surface area contributed by atoms with Crippen LogP contribution in [0.1, 0.15) is 21.8 Å². The molecule has 1 aliphatic heterocycles. The van der Waals surface area contributed by atoms with Gasteiger partial charge in [-0.15, -0.1) is 0 Å². The highest BCUT2D eigenvalue weighted by atomic mass is 16.4. The van der Waals surface area contributed by atoms with Crippen LogP contribution in [0, 0.1) is 0 Å². The lowest BCUT2D eigenvalue weighted by atomic mass is 10.0. The summed E-state index contributed by atoms with van der Waals surface area (Å²) in [6.45, 7) is 0.545. The van der Waals surface area contributed by atoms with Gasteiger partial charge in [0.15, 0.2) is 0 Å². The fraction of sp³-hybridized carbons (Fsp3) is 0.125. The Bertz CT molecular complexity index is 712. The lowest BCUT2D eigenvalue weighted by Gasteiger charge is -2.11. The highest BCUT2D eigenvalue weighted by Gasteiger charge is 2.28. The third-order valence-corrected chi connectivity index (χ3v) is 3.53. The zero-order valence-corrected chi connectivity index (χ0v) is 11.2. The molecule has 0 bridgehead atoms. The van der Waals surface area contributed by atoms with Crippen molar-refractivity contribution in [1.29, 1.82) is 0 Å². The Labute approximate surface area is 121 Å². The number of anilines is 2. The van der Waals surface area contributed by atoms with E-state index in [0.29, 0.717) is 12.2 Å². The Hall–Kier alpha value is -2.82. The van der Waals surface area contributed by atoms with Gasteiger partial charge >= 0.3 is 5.97 Å². The molecule has 1 unspecified atom stereocenters. The molecular weight excluding hydrogens is 268 g/mol. The van der Waals surface area contributed by atoms with Crippen LogP contribution in [0.5, 0.6) is 0 Å². The number of benzene rings is 2. The Balaban J connectivity index is 1.79. The molecular formula is C16H14N2O3. The van der Waals surface area contributed by atoms with Crippen molar-refractivity contribution in [3.8, 4) is 0 Å². The standard InChI is InChI=1S/C16H14N2O3/c19-15(13-9-17-14-7-2-1-6-12(13)14)18-11-5-3-4-10(8-11)16(20)21/h1-8,13,17H,9H2,(H,18,19)(H,20,21). The molecule has 1 atom stereocenters. The first-order chi connectivity index (χ1) is 10.1. The van der Waals surface area contributed by atoms with Gasteiger partial charge < -0.3 is 15.7 Å². The van der Waals surface area contributed by atoms with E-state index in [9.17, 15) is 9.59 Å². The van der Waals surface area contributed by atoms with E-state index >= 15 is 0 Å². The van der Waals surface area contributed by atoms with Gasteiger partial charge in [0.05, 0.1) is 11.5 Å². The molecule has 0 saturated carbocycles. The number of hydrogen-bond acceptors (Lipinski definition) is 3. The summed E-state index contributed by atoms with van der Waals surface area (Å²) in [5.74, 6) is -1.43. The molecule has 3 N–H and O–H groups in total. The van der Waals surface area contributed by atoms with Crippen molar-refractivity contribution < 1.29 is 14.7 Å². The van der Waals surface area contributed by atoms with Gasteiger partial charge in [0.2, 0.25) is 5.91 Å². The topological polar surface area (TPSA) is 78.4 Å². The Kier molecular flexibility index (Phi) is 3.31. The summed E-state index contributed by atoms with van der Waals surface area (Å²) in [4.78, 5) is 23.3. The SMILES string of the molecule is O=C(O)c1cccc(NC(=O)C2CNc3ccccc32)c1. The van der Waals surface area contributed by atoms with Gasteiger partial charge in [-0.05, 0) is 29.8 Å². The van der Waals surface area contributed by atoms with E-state index in [-0.39, 0.29) is 17.4 Å². The molecule has 0 aromatic heterocycles. The first kappa shape index (κ1) is 13.2. The van der Waals surface area contributed by atoms with Crippen LogP contribution >= 0.6 is 0 Å². The molecule has 2 aromatic carbocycles. The van der Waals surface area contributed by atoms with Crippen molar-refractivity contribution >= 4 is 23.3 Å². The lowest BCUT2D eigenvalue weighted by Crippen LogP contribution is -2.22. The zero-order valence-electron chi connectivity index (χ0n) is 11.2. The fourth-order valence-corrected chi connectivity index (χ4v) is 2.48. The number of aromatic carboxylic acids is 1. The van der Waals surface area contributed by atoms with Gasteiger partial charge in [0.1, 0.15) is 0 Å². The molecule has 0 radical (unpaired) electrons. The van der Waals surface area contributed by atoms with E-state index in [2.05, 4.69) is 10.6 Å². The van der Waals surface area contributed by atoms with Crippen molar-refractivity contribution in [3.63, 3.8) is 0 Å². The monoisotopic (exact) mass is 282 g/mol. The van der Waals surface area contributed by atoms with Crippen molar-refractivity contribution in [2.75, 3.05) is 17.2 Å². The molecule has 0 spiro atoms. The van der Waals surface area contributed by atoms with Crippen LogP contribution in [-0.4, -0.2) is 23.5 Å². The number of carbonyl (C=O) groups is 2. The molecule has 2 aromatic rings. The first-order valence-electron chi connectivity index (χ1n) is 6.62. The molecule has 1 heterocycles. The van der Waals surface area contributed by atoms with Crippen molar-refractivity contribution in [1.82, 2.24) is 0 Å². The summed E-state index contributed by atoms with van der Waals surface area (Å²) >= 11 is 0. The number of rotatable bonds is 3. The number of hydrogen-bond donors (Lipinski definition) is 3. The molecule has 21 heavy (non-hydrogen) atoms. The Morgan fingerprint density at radius 3 is 2.76 bits per heavy atom. The summed E-state index contributed by atoms with van der Waals surface area (Å²) in [5, 5.41) is 14.9. The first-order valence-corrected chi connectivity index (χ1v) is 6.62. The van der Waals surface area contributed by atoms with Gasteiger partial charge in [-0.2, -0.15) is 0 Å². The number of nitrogens with one attached hydrogen (secondary N) is 2. The van der Waals surface area contributed by atoms with Gasteiger partial charge in [-0.3, -0.25) is 4.79 Å². The van der Waals surface area contributed by atoms with Crippen LogP contribution in [-0.2, 0) is 4.79 Å². The highest BCUT2D eigenvalue weighted by molar-refractivity contribution is 5.99. The maximum atomic E-state index is 12.4. The second-order valence-corrected chi connectivity index (χ2v) is 4.90. The third-order valence-electron chi connectivity index (χ3n) is 3.53. The van der Waals surface area contributed by atoms with E-state index in [0.717, 1.165) is 11.3 Å². The minimum atomic E-state index is -1.01. The summed E-state index contributed by atoms with van der Waals surface area (Å²) in [7, 11) is 0. The predicted molar refractivity (Wildman–Crippen MR) is 79.7 cm³/mol. The molecule has 0 aliphatic carbocycles. The van der Waals surface area contributed by atoms with Crippen LogP contribution in [0.25, 0.3) is 0 Å². The second kappa shape index (κ2) is 5.28. The second-order valence-electron chi connectivity index (χ2n) is 4.90. The average Bonchev–Trinajstić information content (AvgIpc) is 2.91. The number of carboxylic acids is 1. The largest absolute Gasteiger partial charge is 0.478 e. The normalized spacial score (nSPS) is 15.9. The van der Waals surface area contributed by atoms with Crippen molar-refractivity contribution in [3.05, 3.63) is 59.7 Å². The molecule has 1 aliphatic rings. The number of fused-ring (bicyclic) bond motifs is 1. The van der Waals surface area contributed by atoms with Gasteiger partial charge in [-0.1, -0.05) is 24.3 Å². The van der Waals surface area contributed by atoms with Crippen LogP contribution in [0.15, 0.2) is 48.5 Å². The molecule has 0 fully saturated rings. The summed E-state index contributed by atoms with van der Waals surface area (Å²) in [6, 6.07) is 13.9. The predicted octanol–water partition coefficient (Wildman–Crippen LogP) is 2.53. The lowest BCUT2D eigenvalue weighted by molar-refractivity contribution is -0.117. The van der Waals surface area contributed by atoms with Crippen LogP contribution in [0.2, 0.25) is 0 Å². The van der Waals surface area contributed by atoms with Gasteiger partial charge in [0.25, 0.3) is 0 Å². The van der Waals surface area contributed by atoms with E-state index in [1.165, 1.54) is 12.1 Å². The van der Waals surface area contributed by atoms with Crippen molar-refractivity contribution in [2.24, 2.45) is 0 Å². The number of para-hydroxylation sites is 1. The Morgan fingerprint density at radius 2 is 1.95 bits per heavy atom. The van der Waals surface area contributed by atoms with Crippen LogP contribution < -0.4 is 10.6 Å². The molecule has 0 saturated heterocycles. The van der Waals surface area contributed by atoms with Crippen LogP contribution in [0.3, 0.4) is 0 Å². The molecule has 3 rings (SSSR count). The quantitative estimate of drug-likeness (QED) is 0.808. The summed E-state index contributed by atoms with van der Waals surface area (Å²) in [6.07, 6.45) is 0. The number of carboxylic acid groups (broad SMARTS) is 1. The van der Waals surface area contributed by atoms with Crippen LogP contribution in [0.4, 0.5) is 11.4 Å². The number of carbonyl (C=O) groups excluding carboxylic acids is 1. The van der Waals surface area contributed by atoms with E-state index in [1.807, 2.05) is 24.3 Å². The minimum Gasteiger partial charge on any atom is -0.478 e. The molecule has 106 valence electrons. The zero-order chi connectivity index (χ0) is 14.8. The molecule has 1 amide bonds. The molecule has 5 heteroatoms. The molecule has 5 nitrogen and oxygen atoms in total. The van der Waals surface area contributed by atoms with Crippen molar-refractivity contribution in [2.45, 2.75) is 5.92 Å². The number of amides is 1. The average molecular weight is 282 g/mol. The van der Waals surface area contributed by atoms with Gasteiger partial charge in [-0.25, -0.2) is 4.79 Å². The van der Waals surface area contributed by atoms with E-state index < -0.39 is 5.97 Å². The Morgan fingerprint density at radius 1 is 1.14 bits per heavy atom. The smallest absolute Gasteiger partial charge is 0.335 e. The van der Waals surface area contributed by atoms with Gasteiger partial charge in [0, 0.05) is 17.9 Å². The maximum Gasteiger partial charge on any atom is 0.335 e. The summed E-state index contributed by atoms with van der Waals surface area (Å²) < 4.78 is 0.